The van der Waals surface area contributed by atoms with Crippen LogP contribution in [0.5, 0.6) is 5.75 Å². The number of amides is 2. The molecule has 3 aliphatic rings. The second kappa shape index (κ2) is 5.71. The Kier molecular flexibility index (Phi) is 3.55. The van der Waals surface area contributed by atoms with Gasteiger partial charge >= 0.3 is 6.09 Å². The fourth-order valence-corrected chi connectivity index (χ4v) is 2.81. The van der Waals surface area contributed by atoms with E-state index < -0.39 is 0 Å². The molecule has 3 N–H and O–H groups in total. The Morgan fingerprint density at radius 3 is 2.96 bits per heavy atom. The van der Waals surface area contributed by atoms with Crippen LogP contribution in [0.1, 0.15) is 0 Å². The largest absolute Gasteiger partial charge is 0.482 e. The van der Waals surface area contributed by atoms with Crippen LogP contribution in [0.15, 0.2) is 18.2 Å². The normalized spacial score (nSPS) is 23.7. The molecule has 2 amide bonds. The van der Waals surface area contributed by atoms with E-state index in [0.29, 0.717) is 36.3 Å². The van der Waals surface area contributed by atoms with Crippen LogP contribution in [0, 0.1) is 0 Å². The minimum Gasteiger partial charge on any atom is -0.482 e. The lowest BCUT2D eigenvalue weighted by Crippen LogP contribution is -2.56. The summed E-state index contributed by atoms with van der Waals surface area (Å²) in [6.07, 6.45) is -0.545. The molecule has 0 bridgehead atoms. The van der Waals surface area contributed by atoms with Crippen LogP contribution in [0.25, 0.3) is 0 Å². The van der Waals surface area contributed by atoms with Crippen molar-refractivity contribution in [1.29, 1.82) is 0 Å². The molecule has 0 saturated carbocycles. The monoisotopic (exact) mass is 318 g/mol. The van der Waals surface area contributed by atoms with Crippen molar-refractivity contribution in [1.82, 2.24) is 10.6 Å². The van der Waals surface area contributed by atoms with E-state index in [2.05, 4.69) is 16.0 Å². The highest BCUT2D eigenvalue weighted by atomic mass is 16.6. The van der Waals surface area contributed by atoms with Crippen molar-refractivity contribution in [2.75, 3.05) is 43.0 Å². The fourth-order valence-electron chi connectivity index (χ4n) is 2.81. The van der Waals surface area contributed by atoms with Gasteiger partial charge in [-0.05, 0) is 18.2 Å². The molecule has 1 atom stereocenters. The van der Waals surface area contributed by atoms with Crippen molar-refractivity contribution in [2.45, 2.75) is 12.1 Å². The van der Waals surface area contributed by atoms with Crippen molar-refractivity contribution in [3.05, 3.63) is 18.2 Å². The first kappa shape index (κ1) is 14.3. The van der Waals surface area contributed by atoms with Gasteiger partial charge in [0, 0.05) is 31.4 Å². The highest BCUT2D eigenvalue weighted by molar-refractivity contribution is 5.97. The molecule has 8 nitrogen and oxygen atoms in total. The number of carbonyl (C=O) groups is 2. The smallest absolute Gasteiger partial charge is 0.414 e. The Bertz CT molecular complexity index is 646. The predicted octanol–water partition coefficient (Wildman–Crippen LogP) is -0.0959. The molecule has 1 aromatic carbocycles. The van der Waals surface area contributed by atoms with E-state index in [9.17, 15) is 9.59 Å². The van der Waals surface area contributed by atoms with Gasteiger partial charge in [-0.15, -0.1) is 0 Å². The second-order valence-electron chi connectivity index (χ2n) is 5.90. The molecule has 0 radical (unpaired) electrons. The minimum absolute atomic E-state index is 0.0157. The Morgan fingerprint density at radius 1 is 1.30 bits per heavy atom. The first-order valence-electron chi connectivity index (χ1n) is 7.68. The lowest BCUT2D eigenvalue weighted by Gasteiger charge is -2.28. The predicted molar refractivity (Wildman–Crippen MR) is 82.8 cm³/mol. The number of nitrogens with zero attached hydrogens (tertiary/aromatic N) is 1. The summed E-state index contributed by atoms with van der Waals surface area (Å²) in [4.78, 5) is 25.1. The summed E-state index contributed by atoms with van der Waals surface area (Å²) in [6, 6.07) is 5.74. The van der Waals surface area contributed by atoms with Crippen LogP contribution in [0.3, 0.4) is 0 Å². The number of hydrogen-bond acceptors (Lipinski definition) is 6. The molecule has 23 heavy (non-hydrogen) atoms. The molecule has 0 aromatic heterocycles. The summed E-state index contributed by atoms with van der Waals surface area (Å²) in [7, 11) is 0. The fraction of sp³-hybridized carbons (Fsp3) is 0.467. The van der Waals surface area contributed by atoms with Gasteiger partial charge in [0.2, 0.25) is 0 Å². The second-order valence-corrected chi connectivity index (χ2v) is 5.90. The van der Waals surface area contributed by atoms with Crippen LogP contribution in [0.4, 0.5) is 16.2 Å². The highest BCUT2D eigenvalue weighted by Crippen LogP contribution is 2.33. The van der Waals surface area contributed by atoms with Crippen LogP contribution in [0.2, 0.25) is 0 Å². The van der Waals surface area contributed by atoms with Gasteiger partial charge in [0.05, 0.1) is 12.2 Å². The molecule has 0 spiro atoms. The topological polar surface area (TPSA) is 91.9 Å². The van der Waals surface area contributed by atoms with E-state index in [-0.39, 0.29) is 24.7 Å². The number of hydrogen-bond donors (Lipinski definition) is 3. The Morgan fingerprint density at radius 2 is 2.17 bits per heavy atom. The molecule has 0 unspecified atom stereocenters. The van der Waals surface area contributed by atoms with E-state index >= 15 is 0 Å². The molecule has 3 heterocycles. The van der Waals surface area contributed by atoms with Crippen molar-refractivity contribution >= 4 is 23.4 Å². The van der Waals surface area contributed by atoms with E-state index in [1.807, 2.05) is 0 Å². The van der Waals surface area contributed by atoms with Crippen molar-refractivity contribution in [3.8, 4) is 5.75 Å². The summed E-state index contributed by atoms with van der Waals surface area (Å²) < 4.78 is 10.7. The number of rotatable bonds is 4. The number of cyclic esters (lactones) is 1. The number of nitrogens with one attached hydrogen (secondary N) is 3. The third kappa shape index (κ3) is 2.82. The summed E-state index contributed by atoms with van der Waals surface area (Å²) in [5, 5.41) is 9.29. The van der Waals surface area contributed by atoms with Gasteiger partial charge < -0.3 is 25.4 Å². The zero-order valence-corrected chi connectivity index (χ0v) is 12.5. The number of anilines is 2. The van der Waals surface area contributed by atoms with Crippen molar-refractivity contribution in [2.24, 2.45) is 0 Å². The molecule has 3 aliphatic heterocycles. The quantitative estimate of drug-likeness (QED) is 0.718. The maximum atomic E-state index is 12.1. The van der Waals surface area contributed by atoms with E-state index in [1.54, 1.807) is 23.1 Å². The van der Waals surface area contributed by atoms with Crippen molar-refractivity contribution < 1.29 is 19.1 Å². The van der Waals surface area contributed by atoms with Crippen LogP contribution >= 0.6 is 0 Å². The van der Waals surface area contributed by atoms with E-state index in [0.717, 1.165) is 13.1 Å². The van der Waals surface area contributed by atoms with Crippen molar-refractivity contribution in [3.63, 3.8) is 0 Å². The van der Waals surface area contributed by atoms with Gasteiger partial charge in [-0.3, -0.25) is 9.69 Å². The minimum atomic E-state index is -0.369. The summed E-state index contributed by atoms with van der Waals surface area (Å²) in [5.74, 6) is 0.409. The lowest BCUT2D eigenvalue weighted by molar-refractivity contribution is -0.118. The lowest BCUT2D eigenvalue weighted by atomic mass is 10.1. The Labute approximate surface area is 133 Å². The average molecular weight is 318 g/mol. The van der Waals surface area contributed by atoms with Gasteiger partial charge in [-0.2, -0.15) is 0 Å². The summed E-state index contributed by atoms with van der Waals surface area (Å²) in [6.45, 7) is 3.05. The number of benzene rings is 1. The average Bonchev–Trinajstić information content (AvgIpc) is 2.86. The van der Waals surface area contributed by atoms with Gasteiger partial charge in [0.1, 0.15) is 11.9 Å². The zero-order valence-electron chi connectivity index (χ0n) is 12.5. The van der Waals surface area contributed by atoms with Crippen LogP contribution in [-0.4, -0.2) is 56.9 Å². The molecule has 122 valence electrons. The standard InChI is InChI=1S/C15H18N4O4/c20-14-8-22-13-2-1-10(3-12(13)18-14)19-7-11(23-15(19)21)6-17-9-4-16-5-9/h1-3,9,11,16-17H,4-8H2,(H,18,20)/t11-/m1/s1. The van der Waals surface area contributed by atoms with Gasteiger partial charge in [0.15, 0.2) is 6.61 Å². The molecule has 0 aliphatic carbocycles. The van der Waals surface area contributed by atoms with Crippen LogP contribution in [-0.2, 0) is 9.53 Å². The summed E-state index contributed by atoms with van der Waals surface area (Å²) in [5.41, 5.74) is 1.26. The first-order chi connectivity index (χ1) is 11.2. The molecular weight excluding hydrogens is 300 g/mol. The molecular formula is C15H18N4O4. The Hall–Kier alpha value is -2.32. The van der Waals surface area contributed by atoms with E-state index in [1.165, 1.54) is 0 Å². The molecule has 1 aromatic rings. The molecule has 4 rings (SSSR count). The van der Waals surface area contributed by atoms with Crippen LogP contribution < -0.4 is 25.6 Å². The van der Waals surface area contributed by atoms with Gasteiger partial charge in [0.25, 0.3) is 5.91 Å². The first-order valence-corrected chi connectivity index (χ1v) is 7.68. The molecule has 2 fully saturated rings. The highest BCUT2D eigenvalue weighted by Gasteiger charge is 2.33. The maximum Gasteiger partial charge on any atom is 0.414 e. The van der Waals surface area contributed by atoms with Gasteiger partial charge in [-0.25, -0.2) is 4.79 Å². The van der Waals surface area contributed by atoms with E-state index in [4.69, 9.17) is 9.47 Å². The van der Waals surface area contributed by atoms with Gasteiger partial charge in [-0.1, -0.05) is 0 Å². The summed E-state index contributed by atoms with van der Waals surface area (Å²) >= 11 is 0. The zero-order chi connectivity index (χ0) is 15.8. The molecule has 8 heteroatoms. The molecule has 2 saturated heterocycles. The number of ether oxygens (including phenoxy) is 2. The third-order valence-electron chi connectivity index (χ3n) is 4.20. The third-order valence-corrected chi connectivity index (χ3v) is 4.20. The maximum absolute atomic E-state index is 12.1. The SMILES string of the molecule is O=C1COc2ccc(N3C[C@@H](CNC4CNC4)OC3=O)cc2N1. The Balaban J connectivity index is 1.44. The number of fused-ring (bicyclic) bond motifs is 1. The number of carbonyl (C=O) groups excluding carboxylic acids is 2.